The minimum Gasteiger partial charge on any atom is -0.465 e. The summed E-state index contributed by atoms with van der Waals surface area (Å²) in [5.41, 5.74) is 1.58. The summed E-state index contributed by atoms with van der Waals surface area (Å²) < 4.78 is 13.2. The van der Waals surface area contributed by atoms with Crippen LogP contribution in [0.25, 0.3) is 0 Å². The van der Waals surface area contributed by atoms with E-state index in [2.05, 4.69) is 93.5 Å². The van der Waals surface area contributed by atoms with E-state index in [0.29, 0.717) is 29.6 Å². The zero-order valence-corrected chi connectivity index (χ0v) is 22.1. The Kier molecular flexibility index (Phi) is 9.49. The van der Waals surface area contributed by atoms with Gasteiger partial charge in [-0.15, -0.1) is 0 Å². The fourth-order valence-electron chi connectivity index (χ4n) is 5.50. The minimum atomic E-state index is -0.203. The van der Waals surface area contributed by atoms with Crippen molar-refractivity contribution in [3.05, 3.63) is 29.8 Å². The van der Waals surface area contributed by atoms with Gasteiger partial charge in [-0.25, -0.2) is 0 Å². The molecule has 0 bridgehead atoms. The van der Waals surface area contributed by atoms with Gasteiger partial charge in [-0.3, -0.25) is 0 Å². The topological polar surface area (TPSA) is 18.5 Å². The van der Waals surface area contributed by atoms with Crippen LogP contribution in [0.3, 0.4) is 0 Å². The minimum absolute atomic E-state index is 0.152. The van der Waals surface area contributed by atoms with Crippen molar-refractivity contribution in [3.63, 3.8) is 0 Å². The molecule has 0 radical (unpaired) electrons. The molecule has 0 saturated heterocycles. The Bertz CT molecular complexity index is 628. The maximum atomic E-state index is 6.69. The molecule has 1 saturated carbocycles. The largest absolute Gasteiger partial charge is 0.465 e. The highest BCUT2D eigenvalue weighted by Crippen LogP contribution is 2.37. The Morgan fingerprint density at radius 1 is 0.903 bits per heavy atom. The SMILES string of the molecule is CC(C)CC(c1ccc(OC(CC(C)(C)C)OC2C(C)CC(C)CC2C)cc1)C(C)C. The lowest BCUT2D eigenvalue weighted by atomic mass is 9.75. The van der Waals surface area contributed by atoms with Crippen molar-refractivity contribution >= 4 is 0 Å². The van der Waals surface area contributed by atoms with Crippen molar-refractivity contribution in [3.8, 4) is 5.75 Å². The third-order valence-electron chi connectivity index (χ3n) is 6.86. The van der Waals surface area contributed by atoms with E-state index < -0.39 is 0 Å². The van der Waals surface area contributed by atoms with Crippen LogP contribution in [0, 0.1) is 35.0 Å². The zero-order chi connectivity index (χ0) is 23.3. The van der Waals surface area contributed by atoms with Crippen molar-refractivity contribution in [1.82, 2.24) is 0 Å². The lowest BCUT2D eigenvalue weighted by molar-refractivity contribution is -0.173. The highest BCUT2D eigenvalue weighted by atomic mass is 16.7. The molecular weight excluding hydrogens is 380 g/mol. The summed E-state index contributed by atoms with van der Waals surface area (Å²) >= 11 is 0. The molecule has 0 amide bonds. The van der Waals surface area contributed by atoms with Gasteiger partial charge in [0.25, 0.3) is 0 Å². The Morgan fingerprint density at radius 2 is 1.45 bits per heavy atom. The molecule has 178 valence electrons. The van der Waals surface area contributed by atoms with Gasteiger partial charge in [-0.05, 0) is 77.9 Å². The van der Waals surface area contributed by atoms with Crippen LogP contribution in [0.4, 0.5) is 0 Å². The average molecular weight is 431 g/mol. The Labute approximate surface area is 193 Å². The molecule has 0 heterocycles. The van der Waals surface area contributed by atoms with Crippen LogP contribution >= 0.6 is 0 Å². The molecule has 1 aliphatic carbocycles. The van der Waals surface area contributed by atoms with E-state index >= 15 is 0 Å². The predicted molar refractivity (Wildman–Crippen MR) is 134 cm³/mol. The molecule has 4 unspecified atom stereocenters. The molecular formula is C29H50O2. The van der Waals surface area contributed by atoms with Gasteiger partial charge in [0, 0.05) is 6.42 Å². The summed E-state index contributed by atoms with van der Waals surface area (Å²) in [6.45, 7) is 23.2. The maximum absolute atomic E-state index is 6.69. The van der Waals surface area contributed by atoms with E-state index in [1.807, 2.05) is 0 Å². The van der Waals surface area contributed by atoms with Crippen LogP contribution in [0.5, 0.6) is 5.75 Å². The van der Waals surface area contributed by atoms with Gasteiger partial charge in [0.2, 0.25) is 6.29 Å². The third-order valence-corrected chi connectivity index (χ3v) is 6.86. The average Bonchev–Trinajstić information content (AvgIpc) is 2.61. The normalized spacial score (nSPS) is 26.8. The number of hydrogen-bond acceptors (Lipinski definition) is 2. The van der Waals surface area contributed by atoms with E-state index in [1.54, 1.807) is 0 Å². The van der Waals surface area contributed by atoms with Gasteiger partial charge < -0.3 is 9.47 Å². The van der Waals surface area contributed by atoms with Crippen molar-refractivity contribution < 1.29 is 9.47 Å². The molecule has 2 rings (SSSR count). The second kappa shape index (κ2) is 11.2. The second-order valence-electron chi connectivity index (χ2n) is 12.5. The van der Waals surface area contributed by atoms with E-state index in [9.17, 15) is 0 Å². The highest BCUT2D eigenvalue weighted by Gasteiger charge is 2.35. The lowest BCUT2D eigenvalue weighted by Gasteiger charge is -2.40. The van der Waals surface area contributed by atoms with Crippen LogP contribution in [0.1, 0.15) is 106 Å². The monoisotopic (exact) mass is 430 g/mol. The summed E-state index contributed by atoms with van der Waals surface area (Å²) in [6, 6.07) is 8.84. The van der Waals surface area contributed by atoms with Gasteiger partial charge in [0.1, 0.15) is 5.75 Å². The molecule has 1 aromatic rings. The summed E-state index contributed by atoms with van der Waals surface area (Å²) in [7, 11) is 0. The summed E-state index contributed by atoms with van der Waals surface area (Å²) in [6.07, 6.45) is 4.69. The van der Waals surface area contributed by atoms with E-state index in [0.717, 1.165) is 18.1 Å². The van der Waals surface area contributed by atoms with Crippen molar-refractivity contribution in [1.29, 1.82) is 0 Å². The van der Waals surface area contributed by atoms with Gasteiger partial charge in [-0.1, -0.05) is 81.4 Å². The molecule has 2 nitrogen and oxygen atoms in total. The molecule has 1 aromatic carbocycles. The molecule has 2 heteroatoms. The maximum Gasteiger partial charge on any atom is 0.200 e. The van der Waals surface area contributed by atoms with Crippen LogP contribution in [0.15, 0.2) is 24.3 Å². The van der Waals surface area contributed by atoms with Crippen LogP contribution in [-0.2, 0) is 4.74 Å². The van der Waals surface area contributed by atoms with E-state index in [4.69, 9.17) is 9.47 Å². The molecule has 4 atom stereocenters. The van der Waals surface area contributed by atoms with E-state index in [-0.39, 0.29) is 17.8 Å². The van der Waals surface area contributed by atoms with Gasteiger partial charge in [0.15, 0.2) is 0 Å². The molecule has 0 spiro atoms. The van der Waals surface area contributed by atoms with Crippen molar-refractivity contribution in [2.75, 3.05) is 0 Å². The molecule has 0 N–H and O–H groups in total. The molecule has 1 aliphatic rings. The second-order valence-corrected chi connectivity index (χ2v) is 12.5. The van der Waals surface area contributed by atoms with Gasteiger partial charge in [-0.2, -0.15) is 0 Å². The Morgan fingerprint density at radius 3 is 1.90 bits per heavy atom. The van der Waals surface area contributed by atoms with Crippen LogP contribution in [0.2, 0.25) is 0 Å². The third kappa shape index (κ3) is 8.44. The fraction of sp³-hybridized carbons (Fsp3) is 0.793. The van der Waals surface area contributed by atoms with Crippen LogP contribution in [-0.4, -0.2) is 12.4 Å². The Hall–Kier alpha value is -1.02. The van der Waals surface area contributed by atoms with E-state index in [1.165, 1.54) is 24.8 Å². The van der Waals surface area contributed by atoms with Crippen molar-refractivity contribution in [2.24, 2.45) is 35.0 Å². The first-order chi connectivity index (χ1) is 14.4. The molecule has 0 aliphatic heterocycles. The zero-order valence-electron chi connectivity index (χ0n) is 22.1. The summed E-state index contributed by atoms with van der Waals surface area (Å²) in [5.74, 6) is 4.82. The fourth-order valence-corrected chi connectivity index (χ4v) is 5.50. The molecule has 0 aromatic heterocycles. The summed E-state index contributed by atoms with van der Waals surface area (Å²) in [4.78, 5) is 0. The molecule has 31 heavy (non-hydrogen) atoms. The van der Waals surface area contributed by atoms with Gasteiger partial charge >= 0.3 is 0 Å². The number of hydrogen-bond donors (Lipinski definition) is 0. The molecule has 1 fully saturated rings. The number of benzene rings is 1. The number of ether oxygens (including phenoxy) is 2. The highest BCUT2D eigenvalue weighted by molar-refractivity contribution is 5.30. The number of rotatable bonds is 9. The van der Waals surface area contributed by atoms with Crippen molar-refractivity contribution in [2.45, 2.75) is 113 Å². The lowest BCUT2D eigenvalue weighted by Crippen LogP contribution is -2.41. The summed E-state index contributed by atoms with van der Waals surface area (Å²) in [5, 5.41) is 0. The quantitative estimate of drug-likeness (QED) is 0.365. The first-order valence-electron chi connectivity index (χ1n) is 12.8. The Balaban J connectivity index is 2.13. The standard InChI is InChI=1S/C29H50O2/c1-19(2)15-26(20(3)4)24-11-13-25(14-12-24)30-27(18-29(8,9)10)31-28-22(6)16-21(5)17-23(28)7/h11-14,19-23,26-28H,15-18H2,1-10H3. The van der Waals surface area contributed by atoms with Crippen LogP contribution < -0.4 is 4.74 Å². The smallest absolute Gasteiger partial charge is 0.200 e. The first-order valence-corrected chi connectivity index (χ1v) is 12.8. The van der Waals surface area contributed by atoms with Gasteiger partial charge in [0.05, 0.1) is 6.10 Å². The predicted octanol–water partition coefficient (Wildman–Crippen LogP) is 8.70. The first kappa shape index (κ1) is 26.2.